The average molecular weight is 396 g/mol. The number of rotatable bonds is 3. The quantitative estimate of drug-likeness (QED) is 0.464. The van der Waals surface area contributed by atoms with E-state index in [2.05, 4.69) is 9.97 Å². The Morgan fingerprint density at radius 3 is 2.61 bits per heavy atom. The lowest BCUT2D eigenvalue weighted by molar-refractivity contribution is 0.625. The van der Waals surface area contributed by atoms with Gasteiger partial charge >= 0.3 is 0 Å². The zero-order valence-corrected chi connectivity index (χ0v) is 15.1. The molecule has 0 aliphatic carbocycles. The van der Waals surface area contributed by atoms with E-state index in [0.717, 1.165) is 6.07 Å². The summed E-state index contributed by atoms with van der Waals surface area (Å²) >= 11 is 6.17. The van der Waals surface area contributed by atoms with Crippen LogP contribution in [0.15, 0.2) is 65.6 Å². The molecule has 28 heavy (non-hydrogen) atoms. The zero-order chi connectivity index (χ0) is 19.7. The summed E-state index contributed by atoms with van der Waals surface area (Å²) in [5.74, 6) is -0.748. The minimum Gasteiger partial charge on any atom is -0.268 e. The van der Waals surface area contributed by atoms with Gasteiger partial charge in [0.05, 0.1) is 16.6 Å². The van der Waals surface area contributed by atoms with Gasteiger partial charge in [-0.3, -0.25) is 9.36 Å². The summed E-state index contributed by atoms with van der Waals surface area (Å²) in [7, 11) is 0. The molecule has 2 heterocycles. The first-order valence-electron chi connectivity index (χ1n) is 8.30. The third kappa shape index (κ3) is 3.30. The number of hydrogen-bond acceptors (Lipinski definition) is 3. The molecular formula is C21H12ClF2N3O. The molecule has 7 heteroatoms. The molecule has 0 atom stereocenters. The van der Waals surface area contributed by atoms with E-state index in [1.54, 1.807) is 30.3 Å². The molecule has 4 aromatic rings. The van der Waals surface area contributed by atoms with E-state index in [-0.39, 0.29) is 16.4 Å². The topological polar surface area (TPSA) is 47.8 Å². The van der Waals surface area contributed by atoms with Crippen LogP contribution in [0.25, 0.3) is 28.7 Å². The molecule has 0 aliphatic rings. The molecule has 0 N–H and O–H groups in total. The fraction of sp³-hybridized carbons (Fsp3) is 0. The van der Waals surface area contributed by atoms with Gasteiger partial charge in [-0.25, -0.2) is 18.7 Å². The van der Waals surface area contributed by atoms with E-state index in [9.17, 15) is 13.6 Å². The van der Waals surface area contributed by atoms with Gasteiger partial charge in [0.25, 0.3) is 5.56 Å². The molecule has 0 spiro atoms. The highest BCUT2D eigenvalue weighted by atomic mass is 35.5. The monoisotopic (exact) mass is 395 g/mol. The van der Waals surface area contributed by atoms with Gasteiger partial charge in [-0.15, -0.1) is 0 Å². The molecule has 0 radical (unpaired) electrons. The van der Waals surface area contributed by atoms with Crippen molar-refractivity contribution in [3.8, 4) is 5.69 Å². The predicted octanol–water partition coefficient (Wildman–Crippen LogP) is 4.88. The smallest absolute Gasteiger partial charge is 0.266 e. The minimum atomic E-state index is -0.551. The van der Waals surface area contributed by atoms with Gasteiger partial charge in [0, 0.05) is 11.8 Å². The van der Waals surface area contributed by atoms with Gasteiger partial charge in [-0.2, -0.15) is 0 Å². The lowest BCUT2D eigenvalue weighted by Crippen LogP contribution is -2.23. The van der Waals surface area contributed by atoms with Crippen molar-refractivity contribution in [1.29, 1.82) is 0 Å². The van der Waals surface area contributed by atoms with Crippen molar-refractivity contribution in [2.75, 3.05) is 0 Å². The van der Waals surface area contributed by atoms with Gasteiger partial charge in [0.2, 0.25) is 0 Å². The van der Waals surface area contributed by atoms with Crippen LogP contribution in [-0.4, -0.2) is 14.5 Å². The van der Waals surface area contributed by atoms with Gasteiger partial charge in [-0.1, -0.05) is 29.8 Å². The maximum atomic E-state index is 13.9. The highest BCUT2D eigenvalue weighted by Crippen LogP contribution is 2.21. The normalized spacial score (nSPS) is 11.4. The summed E-state index contributed by atoms with van der Waals surface area (Å²) in [6, 6.07) is 13.2. The van der Waals surface area contributed by atoms with Gasteiger partial charge in [0.15, 0.2) is 5.15 Å². The van der Waals surface area contributed by atoms with E-state index >= 15 is 0 Å². The van der Waals surface area contributed by atoms with E-state index in [4.69, 9.17) is 11.6 Å². The second kappa shape index (κ2) is 7.32. The molecule has 0 saturated carbocycles. The Hall–Kier alpha value is -3.38. The van der Waals surface area contributed by atoms with Crippen molar-refractivity contribution in [2.45, 2.75) is 0 Å². The Kier molecular flexibility index (Phi) is 4.71. The molecule has 4 rings (SSSR count). The Morgan fingerprint density at radius 1 is 1.00 bits per heavy atom. The largest absolute Gasteiger partial charge is 0.268 e. The van der Waals surface area contributed by atoms with Crippen LogP contribution in [0.1, 0.15) is 11.4 Å². The SMILES string of the molecule is O=c1c2cc(F)ccc2nc(/C=C/c2ccccc2F)n1-c1cccnc1Cl. The lowest BCUT2D eigenvalue weighted by Gasteiger charge is -2.12. The number of nitrogens with zero attached hydrogens (tertiary/aromatic N) is 3. The zero-order valence-electron chi connectivity index (χ0n) is 14.3. The Labute approximate surface area is 163 Å². The van der Waals surface area contributed by atoms with Crippen molar-refractivity contribution in [3.05, 3.63) is 99.3 Å². The molecule has 0 amide bonds. The number of benzene rings is 2. The average Bonchev–Trinajstić information content (AvgIpc) is 2.69. The number of halogens is 3. The van der Waals surface area contributed by atoms with Crippen LogP contribution in [-0.2, 0) is 0 Å². The molecule has 2 aromatic heterocycles. The van der Waals surface area contributed by atoms with Gasteiger partial charge in [0.1, 0.15) is 17.5 Å². The summed E-state index contributed by atoms with van der Waals surface area (Å²) in [6.45, 7) is 0. The van der Waals surface area contributed by atoms with Crippen LogP contribution >= 0.6 is 11.6 Å². The summed E-state index contributed by atoms with van der Waals surface area (Å²) in [5.41, 5.74) is 0.434. The lowest BCUT2D eigenvalue weighted by atomic mass is 10.2. The molecular weight excluding hydrogens is 384 g/mol. The number of aromatic nitrogens is 3. The van der Waals surface area contributed by atoms with Gasteiger partial charge in [-0.05, 0) is 48.6 Å². The van der Waals surface area contributed by atoms with Crippen molar-refractivity contribution in [1.82, 2.24) is 14.5 Å². The van der Waals surface area contributed by atoms with Crippen LogP contribution in [0.5, 0.6) is 0 Å². The van der Waals surface area contributed by atoms with Crippen LogP contribution in [0, 0.1) is 11.6 Å². The molecule has 0 fully saturated rings. The number of fused-ring (bicyclic) bond motifs is 1. The second-order valence-corrected chi connectivity index (χ2v) is 6.30. The third-order valence-corrected chi connectivity index (χ3v) is 4.44. The summed E-state index contributed by atoms with van der Waals surface area (Å²) in [5, 5.41) is 0.186. The predicted molar refractivity (Wildman–Crippen MR) is 105 cm³/mol. The highest BCUT2D eigenvalue weighted by Gasteiger charge is 2.14. The number of pyridine rings is 1. The molecule has 0 aliphatic heterocycles. The fourth-order valence-electron chi connectivity index (χ4n) is 2.84. The molecule has 0 unspecified atom stereocenters. The standard InChI is InChI=1S/C21H12ClF2N3O/c22-20-18(6-3-11-25-20)27-19(10-7-13-4-1-2-5-16(13)24)26-17-9-8-14(23)12-15(17)21(27)28/h1-12H/b10-7+. The number of hydrogen-bond donors (Lipinski definition) is 0. The molecule has 4 nitrogen and oxygen atoms in total. The Morgan fingerprint density at radius 2 is 1.82 bits per heavy atom. The maximum Gasteiger partial charge on any atom is 0.266 e. The van der Waals surface area contributed by atoms with Crippen molar-refractivity contribution >= 4 is 34.7 Å². The fourth-order valence-corrected chi connectivity index (χ4v) is 3.04. The summed E-state index contributed by atoms with van der Waals surface area (Å²) < 4.78 is 28.8. The Balaban J connectivity index is 2.00. The first kappa shape index (κ1) is 18.0. The highest BCUT2D eigenvalue weighted by molar-refractivity contribution is 6.31. The van der Waals surface area contributed by atoms with Crippen LogP contribution in [0.2, 0.25) is 5.15 Å². The molecule has 0 saturated heterocycles. The summed E-state index contributed by atoms with van der Waals surface area (Å²) in [4.78, 5) is 21.5. The Bertz CT molecular complexity index is 1280. The van der Waals surface area contributed by atoms with Gasteiger partial charge < -0.3 is 0 Å². The van der Waals surface area contributed by atoms with Crippen LogP contribution in [0.4, 0.5) is 8.78 Å². The summed E-state index contributed by atoms with van der Waals surface area (Å²) in [6.07, 6.45) is 4.50. The molecule has 2 aromatic carbocycles. The molecule has 0 bridgehead atoms. The third-order valence-electron chi connectivity index (χ3n) is 4.15. The van der Waals surface area contributed by atoms with E-state index in [1.165, 1.54) is 41.1 Å². The molecule has 138 valence electrons. The van der Waals surface area contributed by atoms with Crippen LogP contribution in [0.3, 0.4) is 0 Å². The van der Waals surface area contributed by atoms with E-state index < -0.39 is 17.2 Å². The van der Waals surface area contributed by atoms with Crippen molar-refractivity contribution in [3.63, 3.8) is 0 Å². The minimum absolute atomic E-state index is 0.0858. The first-order chi connectivity index (χ1) is 13.5. The van der Waals surface area contributed by atoms with E-state index in [0.29, 0.717) is 16.8 Å². The van der Waals surface area contributed by atoms with Crippen LogP contribution < -0.4 is 5.56 Å². The second-order valence-electron chi connectivity index (χ2n) is 5.94. The maximum absolute atomic E-state index is 13.9. The van der Waals surface area contributed by atoms with Crippen molar-refractivity contribution in [2.24, 2.45) is 0 Å². The van der Waals surface area contributed by atoms with E-state index in [1.807, 2.05) is 0 Å². The van der Waals surface area contributed by atoms with Crippen molar-refractivity contribution < 1.29 is 8.78 Å². The first-order valence-corrected chi connectivity index (χ1v) is 8.68.